The number of halogens is 1. The van der Waals surface area contributed by atoms with Crippen molar-refractivity contribution in [1.29, 1.82) is 0 Å². The van der Waals surface area contributed by atoms with Crippen LogP contribution in [0.3, 0.4) is 0 Å². The van der Waals surface area contributed by atoms with E-state index in [0.717, 1.165) is 18.2 Å². The zero-order chi connectivity index (χ0) is 11.3. The molecule has 0 atom stereocenters. The van der Waals surface area contributed by atoms with E-state index >= 15 is 0 Å². The third-order valence-corrected chi connectivity index (χ3v) is 3.62. The first-order valence-corrected chi connectivity index (χ1v) is 8.39. The van der Waals surface area contributed by atoms with Gasteiger partial charge in [-0.2, -0.15) is 0 Å². The molecule has 0 amide bonds. The summed E-state index contributed by atoms with van der Waals surface area (Å²) in [6.07, 6.45) is 10.5. The van der Waals surface area contributed by atoms with Crippen LogP contribution in [0.1, 0.15) is 5.82 Å². The molecule has 0 aromatic carbocycles. The Morgan fingerprint density at radius 2 is 2.20 bits per heavy atom. The molecule has 3 nitrogen and oxygen atoms in total. The van der Waals surface area contributed by atoms with Gasteiger partial charge in [-0.05, 0) is 18.8 Å². The SMILES string of the molecule is CS(C)(C)CCOCn1ccnc1CCl. The first-order valence-electron chi connectivity index (χ1n) is 4.82. The second-order valence-corrected chi connectivity index (χ2v) is 9.14. The summed E-state index contributed by atoms with van der Waals surface area (Å²) in [6.45, 7) is 1.36. The Morgan fingerprint density at radius 3 is 2.80 bits per heavy atom. The van der Waals surface area contributed by atoms with Crippen molar-refractivity contribution in [2.75, 3.05) is 31.1 Å². The molecular formula is C10H19ClN2OS. The van der Waals surface area contributed by atoms with E-state index < -0.39 is 10.0 Å². The van der Waals surface area contributed by atoms with Gasteiger partial charge in [0.25, 0.3) is 0 Å². The summed E-state index contributed by atoms with van der Waals surface area (Å²) < 4.78 is 7.52. The van der Waals surface area contributed by atoms with Crippen molar-refractivity contribution < 1.29 is 4.74 Å². The van der Waals surface area contributed by atoms with Gasteiger partial charge in [0.2, 0.25) is 0 Å². The number of hydrogen-bond donors (Lipinski definition) is 0. The Kier molecular flexibility index (Phi) is 4.96. The van der Waals surface area contributed by atoms with Crippen LogP contribution in [0.2, 0.25) is 0 Å². The van der Waals surface area contributed by atoms with Crippen LogP contribution in [0, 0.1) is 0 Å². The van der Waals surface area contributed by atoms with E-state index in [2.05, 4.69) is 23.8 Å². The lowest BCUT2D eigenvalue weighted by molar-refractivity contribution is 0.0880. The van der Waals surface area contributed by atoms with Crippen molar-refractivity contribution in [3.63, 3.8) is 0 Å². The van der Waals surface area contributed by atoms with Crippen LogP contribution in [0.4, 0.5) is 0 Å². The third-order valence-electron chi connectivity index (χ3n) is 1.99. The molecule has 0 saturated carbocycles. The number of nitrogens with zero attached hydrogens (tertiary/aromatic N) is 2. The van der Waals surface area contributed by atoms with Gasteiger partial charge in [0.1, 0.15) is 12.6 Å². The average Bonchev–Trinajstić information content (AvgIpc) is 2.58. The summed E-state index contributed by atoms with van der Waals surface area (Å²) in [6, 6.07) is 0. The highest BCUT2D eigenvalue weighted by Gasteiger charge is 2.04. The molecule has 0 spiro atoms. The Labute approximate surface area is 98.1 Å². The second kappa shape index (κ2) is 5.77. The number of imidazole rings is 1. The molecule has 0 radical (unpaired) electrons. The molecule has 1 heterocycles. The highest BCUT2D eigenvalue weighted by Crippen LogP contribution is 2.33. The van der Waals surface area contributed by atoms with Crippen LogP contribution in [0.15, 0.2) is 12.4 Å². The van der Waals surface area contributed by atoms with E-state index in [9.17, 15) is 0 Å². The molecule has 1 rings (SSSR count). The second-order valence-electron chi connectivity index (χ2n) is 4.28. The topological polar surface area (TPSA) is 27.1 Å². The summed E-state index contributed by atoms with van der Waals surface area (Å²) in [5.41, 5.74) is 0. The van der Waals surface area contributed by atoms with Crippen molar-refractivity contribution in [2.45, 2.75) is 12.6 Å². The van der Waals surface area contributed by atoms with Crippen LogP contribution in [-0.2, 0) is 17.3 Å². The van der Waals surface area contributed by atoms with E-state index in [1.165, 1.54) is 0 Å². The van der Waals surface area contributed by atoms with Gasteiger partial charge in [0.05, 0.1) is 12.5 Å². The molecule has 5 heteroatoms. The quantitative estimate of drug-likeness (QED) is 0.572. The summed E-state index contributed by atoms with van der Waals surface area (Å²) >= 11 is 5.72. The molecule has 15 heavy (non-hydrogen) atoms. The summed E-state index contributed by atoms with van der Waals surface area (Å²) in [7, 11) is -0.457. The number of rotatable bonds is 6. The van der Waals surface area contributed by atoms with E-state index in [-0.39, 0.29) is 0 Å². The van der Waals surface area contributed by atoms with E-state index in [1.54, 1.807) is 6.20 Å². The van der Waals surface area contributed by atoms with Gasteiger partial charge in [-0.15, -0.1) is 11.6 Å². The minimum atomic E-state index is -0.457. The highest BCUT2D eigenvalue weighted by molar-refractivity contribution is 8.32. The lowest BCUT2D eigenvalue weighted by Gasteiger charge is -2.24. The largest absolute Gasteiger partial charge is 0.360 e. The molecule has 0 saturated heterocycles. The first-order chi connectivity index (χ1) is 7.03. The van der Waals surface area contributed by atoms with Gasteiger partial charge in [-0.3, -0.25) is 0 Å². The first kappa shape index (κ1) is 12.9. The van der Waals surface area contributed by atoms with Gasteiger partial charge in [-0.1, -0.05) is 0 Å². The van der Waals surface area contributed by atoms with Crippen LogP contribution < -0.4 is 0 Å². The maximum Gasteiger partial charge on any atom is 0.125 e. The third kappa shape index (κ3) is 4.91. The number of hydrogen-bond acceptors (Lipinski definition) is 2. The van der Waals surface area contributed by atoms with Gasteiger partial charge in [0, 0.05) is 18.1 Å². The summed E-state index contributed by atoms with van der Waals surface area (Å²) in [5, 5.41) is 0. The Hall–Kier alpha value is -0.190. The maximum absolute atomic E-state index is 5.72. The van der Waals surface area contributed by atoms with Gasteiger partial charge < -0.3 is 9.30 Å². The fourth-order valence-electron chi connectivity index (χ4n) is 1.06. The minimum absolute atomic E-state index is 0.431. The van der Waals surface area contributed by atoms with Crippen molar-refractivity contribution >= 4 is 21.6 Å². The molecule has 0 aliphatic rings. The standard InChI is InChI=1S/C10H19ClN2OS/c1-15(2,3)7-6-14-9-13-5-4-12-10(13)8-11/h4-5H,6-9H2,1-3H3. The average molecular weight is 251 g/mol. The normalized spacial score (nSPS) is 13.1. The van der Waals surface area contributed by atoms with Crippen molar-refractivity contribution in [1.82, 2.24) is 9.55 Å². The highest BCUT2D eigenvalue weighted by atomic mass is 35.5. The molecule has 0 unspecified atom stereocenters. The number of ether oxygens (including phenoxy) is 1. The van der Waals surface area contributed by atoms with Crippen LogP contribution in [0.5, 0.6) is 0 Å². The molecular weight excluding hydrogens is 232 g/mol. The van der Waals surface area contributed by atoms with Crippen molar-refractivity contribution in [3.8, 4) is 0 Å². The molecule has 0 aliphatic carbocycles. The predicted molar refractivity (Wildman–Crippen MR) is 68.0 cm³/mol. The maximum atomic E-state index is 5.72. The van der Waals surface area contributed by atoms with Gasteiger partial charge in [0.15, 0.2) is 0 Å². The van der Waals surface area contributed by atoms with Crippen molar-refractivity contribution in [2.24, 2.45) is 0 Å². The van der Waals surface area contributed by atoms with E-state index in [0.29, 0.717) is 12.6 Å². The fourth-order valence-corrected chi connectivity index (χ4v) is 1.90. The molecule has 0 fully saturated rings. The summed E-state index contributed by atoms with van der Waals surface area (Å²) in [5.74, 6) is 2.43. The number of aromatic nitrogens is 2. The fraction of sp³-hybridized carbons (Fsp3) is 0.700. The number of alkyl halides is 1. The van der Waals surface area contributed by atoms with Gasteiger partial charge >= 0.3 is 0 Å². The summed E-state index contributed by atoms with van der Waals surface area (Å²) in [4.78, 5) is 4.12. The van der Waals surface area contributed by atoms with Crippen LogP contribution >= 0.6 is 21.6 Å². The monoisotopic (exact) mass is 250 g/mol. The van der Waals surface area contributed by atoms with Crippen molar-refractivity contribution in [3.05, 3.63) is 18.2 Å². The van der Waals surface area contributed by atoms with Gasteiger partial charge in [-0.25, -0.2) is 15.0 Å². The van der Waals surface area contributed by atoms with E-state index in [4.69, 9.17) is 16.3 Å². The molecule has 0 bridgehead atoms. The zero-order valence-electron chi connectivity index (χ0n) is 9.57. The molecule has 1 aromatic heterocycles. The molecule has 1 aromatic rings. The zero-order valence-corrected chi connectivity index (χ0v) is 11.1. The molecule has 0 N–H and O–H groups in total. The lowest BCUT2D eigenvalue weighted by atomic mass is 10.7. The smallest absolute Gasteiger partial charge is 0.125 e. The molecule has 88 valence electrons. The Morgan fingerprint density at radius 1 is 1.47 bits per heavy atom. The molecule has 0 aliphatic heterocycles. The minimum Gasteiger partial charge on any atom is -0.360 e. The van der Waals surface area contributed by atoms with Crippen LogP contribution in [-0.4, -0.2) is 40.7 Å². The predicted octanol–water partition coefficient (Wildman–Crippen LogP) is 2.29. The van der Waals surface area contributed by atoms with E-state index in [1.807, 2.05) is 10.8 Å². The Balaban J connectivity index is 2.26. The van der Waals surface area contributed by atoms with Crippen LogP contribution in [0.25, 0.3) is 0 Å². The Bertz CT molecular complexity index is 296. The lowest BCUT2D eigenvalue weighted by Crippen LogP contribution is -2.10.